The Morgan fingerprint density at radius 1 is 1.25 bits per heavy atom. The van der Waals surface area contributed by atoms with E-state index in [0.29, 0.717) is 6.04 Å². The molecule has 1 aliphatic heterocycles. The summed E-state index contributed by atoms with van der Waals surface area (Å²) in [5, 5.41) is 3.80. The van der Waals surface area contributed by atoms with Gasteiger partial charge in [0.15, 0.2) is 0 Å². The van der Waals surface area contributed by atoms with Crippen LogP contribution in [0.4, 0.5) is 0 Å². The van der Waals surface area contributed by atoms with E-state index in [1.807, 2.05) is 0 Å². The fraction of sp³-hybridized carbons (Fsp3) is 0.667. The van der Waals surface area contributed by atoms with Crippen LogP contribution in [0, 0.1) is 18.8 Å². The normalized spacial score (nSPS) is 27.7. The van der Waals surface area contributed by atoms with Crippen molar-refractivity contribution in [3.63, 3.8) is 0 Å². The zero-order valence-corrected chi connectivity index (χ0v) is 12.9. The molecule has 2 unspecified atom stereocenters. The van der Waals surface area contributed by atoms with Crippen LogP contribution in [0.2, 0.25) is 0 Å². The molecule has 0 aromatic heterocycles. The minimum absolute atomic E-state index is 0.698. The second-order valence-corrected chi connectivity index (χ2v) is 7.07. The Labute approximate surface area is 123 Å². The molecule has 1 heterocycles. The summed E-state index contributed by atoms with van der Waals surface area (Å²) in [5.74, 6) is 1.79. The minimum Gasteiger partial charge on any atom is -0.312 e. The predicted octanol–water partition coefficient (Wildman–Crippen LogP) is 3.21. The molecule has 0 amide bonds. The molecule has 1 saturated carbocycles. The zero-order chi connectivity index (χ0) is 13.9. The van der Waals surface area contributed by atoms with E-state index in [1.165, 1.54) is 50.0 Å². The molecule has 2 nitrogen and oxygen atoms in total. The highest BCUT2D eigenvalue weighted by Crippen LogP contribution is 2.28. The van der Waals surface area contributed by atoms with Crippen molar-refractivity contribution in [1.29, 1.82) is 0 Å². The maximum absolute atomic E-state index is 3.80. The van der Waals surface area contributed by atoms with E-state index in [2.05, 4.69) is 48.3 Å². The van der Waals surface area contributed by atoms with Crippen molar-refractivity contribution in [3.8, 4) is 0 Å². The molecular weight excluding hydrogens is 244 g/mol. The van der Waals surface area contributed by atoms with Crippen LogP contribution in [0.15, 0.2) is 24.3 Å². The second-order valence-electron chi connectivity index (χ2n) is 7.07. The maximum Gasteiger partial charge on any atom is 0.0234 e. The maximum atomic E-state index is 3.80. The number of benzene rings is 1. The van der Waals surface area contributed by atoms with Gasteiger partial charge in [-0.3, -0.25) is 4.90 Å². The molecule has 3 rings (SSSR count). The van der Waals surface area contributed by atoms with Gasteiger partial charge >= 0.3 is 0 Å². The molecule has 0 spiro atoms. The second kappa shape index (κ2) is 6.28. The number of hydrogen-bond donors (Lipinski definition) is 1. The molecule has 1 N–H and O–H groups in total. The number of hydrogen-bond acceptors (Lipinski definition) is 2. The van der Waals surface area contributed by atoms with Crippen molar-refractivity contribution >= 4 is 0 Å². The highest BCUT2D eigenvalue weighted by molar-refractivity contribution is 5.22. The third kappa shape index (κ3) is 4.07. The van der Waals surface area contributed by atoms with Gasteiger partial charge in [-0.2, -0.15) is 0 Å². The van der Waals surface area contributed by atoms with Gasteiger partial charge in [-0.25, -0.2) is 0 Å². The molecule has 0 bridgehead atoms. The van der Waals surface area contributed by atoms with Crippen molar-refractivity contribution in [2.75, 3.05) is 19.6 Å². The number of rotatable bonds is 5. The molecule has 2 atom stereocenters. The summed E-state index contributed by atoms with van der Waals surface area (Å²) in [7, 11) is 0. The number of nitrogens with one attached hydrogen (secondary N) is 1. The molecule has 110 valence electrons. The quantitative estimate of drug-likeness (QED) is 0.885. The first-order valence-electron chi connectivity index (χ1n) is 8.20. The van der Waals surface area contributed by atoms with Crippen LogP contribution >= 0.6 is 0 Å². The largest absolute Gasteiger partial charge is 0.312 e. The third-order valence-electron chi connectivity index (χ3n) is 4.62. The monoisotopic (exact) mass is 272 g/mol. The number of nitrogens with zero attached hydrogens (tertiary/aromatic N) is 1. The molecule has 1 saturated heterocycles. The van der Waals surface area contributed by atoms with Crippen molar-refractivity contribution in [2.45, 2.75) is 45.7 Å². The van der Waals surface area contributed by atoms with Crippen molar-refractivity contribution < 1.29 is 0 Å². The summed E-state index contributed by atoms with van der Waals surface area (Å²) in [4.78, 5) is 2.63. The molecule has 20 heavy (non-hydrogen) atoms. The van der Waals surface area contributed by atoms with Crippen molar-refractivity contribution in [2.24, 2.45) is 11.8 Å². The lowest BCUT2D eigenvalue weighted by atomic mass is 9.95. The van der Waals surface area contributed by atoms with Crippen LogP contribution in [0.3, 0.4) is 0 Å². The summed E-state index contributed by atoms with van der Waals surface area (Å²) < 4.78 is 0. The summed E-state index contributed by atoms with van der Waals surface area (Å²) >= 11 is 0. The summed E-state index contributed by atoms with van der Waals surface area (Å²) in [5.41, 5.74) is 2.83. The van der Waals surface area contributed by atoms with E-state index in [0.717, 1.165) is 18.4 Å². The Bertz CT molecular complexity index is 439. The SMILES string of the molecule is Cc1cccc(CN2CC(C)CC(NCC3CC3)C2)c1. The predicted molar refractivity (Wildman–Crippen MR) is 84.8 cm³/mol. The Morgan fingerprint density at radius 3 is 2.85 bits per heavy atom. The van der Waals surface area contributed by atoms with E-state index in [4.69, 9.17) is 0 Å². The van der Waals surface area contributed by atoms with Gasteiger partial charge in [-0.15, -0.1) is 0 Å². The first-order valence-corrected chi connectivity index (χ1v) is 8.20. The van der Waals surface area contributed by atoms with Gasteiger partial charge < -0.3 is 5.32 Å². The van der Waals surface area contributed by atoms with Gasteiger partial charge in [-0.1, -0.05) is 36.8 Å². The van der Waals surface area contributed by atoms with Gasteiger partial charge in [0.05, 0.1) is 0 Å². The Balaban J connectivity index is 1.54. The number of aryl methyl sites for hydroxylation is 1. The first kappa shape index (κ1) is 14.1. The lowest BCUT2D eigenvalue weighted by molar-refractivity contribution is 0.142. The first-order chi connectivity index (χ1) is 9.69. The molecule has 1 aromatic rings. The molecule has 1 aromatic carbocycles. The van der Waals surface area contributed by atoms with Gasteiger partial charge in [0.25, 0.3) is 0 Å². The molecular formula is C18H28N2. The van der Waals surface area contributed by atoms with Crippen LogP contribution in [-0.4, -0.2) is 30.6 Å². The average Bonchev–Trinajstić information content (AvgIpc) is 3.20. The lowest BCUT2D eigenvalue weighted by Gasteiger charge is -2.37. The summed E-state index contributed by atoms with van der Waals surface area (Å²) in [6.45, 7) is 9.39. The van der Waals surface area contributed by atoms with Crippen LogP contribution in [0.25, 0.3) is 0 Å². The van der Waals surface area contributed by atoms with Crippen LogP contribution < -0.4 is 5.32 Å². The topological polar surface area (TPSA) is 15.3 Å². The van der Waals surface area contributed by atoms with Gasteiger partial charge in [0, 0.05) is 25.7 Å². The molecule has 0 radical (unpaired) electrons. The van der Waals surface area contributed by atoms with E-state index < -0.39 is 0 Å². The Morgan fingerprint density at radius 2 is 2.10 bits per heavy atom. The van der Waals surface area contributed by atoms with Crippen molar-refractivity contribution in [3.05, 3.63) is 35.4 Å². The fourth-order valence-electron chi connectivity index (χ4n) is 3.46. The number of piperidine rings is 1. The minimum atomic E-state index is 0.698. The average molecular weight is 272 g/mol. The third-order valence-corrected chi connectivity index (χ3v) is 4.62. The van der Waals surface area contributed by atoms with Gasteiger partial charge in [0.2, 0.25) is 0 Å². The zero-order valence-electron chi connectivity index (χ0n) is 12.9. The van der Waals surface area contributed by atoms with Gasteiger partial charge in [0.1, 0.15) is 0 Å². The van der Waals surface area contributed by atoms with Gasteiger partial charge in [-0.05, 0) is 50.1 Å². The smallest absolute Gasteiger partial charge is 0.0234 e. The summed E-state index contributed by atoms with van der Waals surface area (Å²) in [6, 6.07) is 9.65. The highest BCUT2D eigenvalue weighted by Gasteiger charge is 2.27. The molecule has 2 heteroatoms. The van der Waals surface area contributed by atoms with Crippen LogP contribution in [0.5, 0.6) is 0 Å². The van der Waals surface area contributed by atoms with E-state index in [9.17, 15) is 0 Å². The Hall–Kier alpha value is -0.860. The van der Waals surface area contributed by atoms with E-state index in [-0.39, 0.29) is 0 Å². The fourth-order valence-corrected chi connectivity index (χ4v) is 3.46. The molecule has 2 aliphatic rings. The van der Waals surface area contributed by atoms with Crippen LogP contribution in [-0.2, 0) is 6.54 Å². The van der Waals surface area contributed by atoms with E-state index in [1.54, 1.807) is 0 Å². The van der Waals surface area contributed by atoms with Crippen molar-refractivity contribution in [1.82, 2.24) is 10.2 Å². The highest BCUT2D eigenvalue weighted by atomic mass is 15.2. The lowest BCUT2D eigenvalue weighted by Crippen LogP contribution is -2.48. The standard InChI is InChI=1S/C18H28N2/c1-14-4-3-5-17(8-14)12-20-11-15(2)9-18(13-20)19-10-16-6-7-16/h3-5,8,15-16,18-19H,6-7,9-13H2,1-2H3. The van der Waals surface area contributed by atoms with Crippen LogP contribution in [0.1, 0.15) is 37.3 Å². The molecule has 2 fully saturated rings. The number of likely N-dealkylation sites (tertiary alicyclic amines) is 1. The molecule has 1 aliphatic carbocycles. The van der Waals surface area contributed by atoms with E-state index >= 15 is 0 Å². The summed E-state index contributed by atoms with van der Waals surface area (Å²) in [6.07, 6.45) is 4.24. The Kier molecular flexibility index (Phi) is 4.42.